The Labute approximate surface area is 144 Å². The van der Waals surface area contributed by atoms with Crippen molar-refractivity contribution in [3.8, 4) is 28.3 Å². The maximum absolute atomic E-state index is 9.87. The van der Waals surface area contributed by atoms with Crippen LogP contribution in [-0.4, -0.2) is 0 Å². The molecule has 0 spiro atoms. The van der Waals surface area contributed by atoms with Gasteiger partial charge in [-0.3, -0.25) is 0 Å². The van der Waals surface area contributed by atoms with E-state index in [4.69, 9.17) is 0 Å². The molecule has 0 bridgehead atoms. The fourth-order valence-corrected chi connectivity index (χ4v) is 2.89. The summed E-state index contributed by atoms with van der Waals surface area (Å²) in [6.07, 6.45) is 0. The molecule has 0 aliphatic heterocycles. The molecule has 0 aliphatic rings. The van der Waals surface area contributed by atoms with E-state index in [1.54, 1.807) is 0 Å². The lowest BCUT2D eigenvalue weighted by Gasteiger charge is -2.23. The van der Waals surface area contributed by atoms with Gasteiger partial charge in [0.15, 0.2) is 0 Å². The molecule has 0 unspecified atom stereocenters. The van der Waals surface area contributed by atoms with Crippen LogP contribution in [-0.2, 0) is 5.41 Å². The van der Waals surface area contributed by atoms with Crippen LogP contribution in [0.1, 0.15) is 31.9 Å². The standard InChI is InChI=1S/C23H21N/c1-23(2,3)19-14-20(17-10-6-4-7-11-17)22(16-24)21(15-19)18-12-8-5-9-13-18/h4-15H,1-3H3. The second-order valence-electron chi connectivity index (χ2n) is 7.04. The van der Waals surface area contributed by atoms with Crippen LogP contribution in [0.4, 0.5) is 0 Å². The molecule has 118 valence electrons. The quantitative estimate of drug-likeness (QED) is 0.553. The number of hydrogen-bond donors (Lipinski definition) is 0. The highest BCUT2D eigenvalue weighted by Crippen LogP contribution is 2.37. The molecule has 3 aromatic rings. The zero-order valence-corrected chi connectivity index (χ0v) is 14.4. The minimum Gasteiger partial charge on any atom is -0.192 e. The average molecular weight is 311 g/mol. The van der Waals surface area contributed by atoms with Crippen LogP contribution < -0.4 is 0 Å². The van der Waals surface area contributed by atoms with Crippen molar-refractivity contribution in [1.82, 2.24) is 0 Å². The first-order chi connectivity index (χ1) is 11.5. The average Bonchev–Trinajstić information content (AvgIpc) is 2.61. The topological polar surface area (TPSA) is 23.8 Å². The highest BCUT2D eigenvalue weighted by Gasteiger charge is 2.20. The van der Waals surface area contributed by atoms with Crippen LogP contribution in [0.5, 0.6) is 0 Å². The predicted molar refractivity (Wildman–Crippen MR) is 101 cm³/mol. The van der Waals surface area contributed by atoms with Crippen molar-refractivity contribution in [2.24, 2.45) is 0 Å². The minimum absolute atomic E-state index is 0.0149. The van der Waals surface area contributed by atoms with E-state index in [2.05, 4.69) is 63.2 Å². The summed E-state index contributed by atoms with van der Waals surface area (Å²) in [7, 11) is 0. The second kappa shape index (κ2) is 6.34. The molecule has 0 heterocycles. The Hall–Kier alpha value is -2.85. The van der Waals surface area contributed by atoms with E-state index in [-0.39, 0.29) is 5.41 Å². The molecule has 0 N–H and O–H groups in total. The summed E-state index contributed by atoms with van der Waals surface area (Å²) in [4.78, 5) is 0. The summed E-state index contributed by atoms with van der Waals surface area (Å²) in [6, 6.07) is 27.1. The zero-order valence-electron chi connectivity index (χ0n) is 14.4. The monoisotopic (exact) mass is 311 g/mol. The molecular weight excluding hydrogens is 290 g/mol. The van der Waals surface area contributed by atoms with Gasteiger partial charge in [0.25, 0.3) is 0 Å². The van der Waals surface area contributed by atoms with Gasteiger partial charge in [0.1, 0.15) is 6.07 Å². The second-order valence-corrected chi connectivity index (χ2v) is 7.04. The zero-order chi connectivity index (χ0) is 17.2. The van der Waals surface area contributed by atoms with Gasteiger partial charge in [-0.1, -0.05) is 81.4 Å². The molecule has 1 nitrogen and oxygen atoms in total. The molecule has 0 aliphatic carbocycles. The van der Waals surface area contributed by atoms with Crippen LogP contribution in [0.2, 0.25) is 0 Å². The predicted octanol–water partition coefficient (Wildman–Crippen LogP) is 6.19. The molecule has 0 fully saturated rings. The Morgan fingerprint density at radius 3 is 1.46 bits per heavy atom. The lowest BCUT2D eigenvalue weighted by molar-refractivity contribution is 0.590. The molecule has 0 atom stereocenters. The Kier molecular flexibility index (Phi) is 4.23. The fraction of sp³-hybridized carbons (Fsp3) is 0.174. The maximum Gasteiger partial charge on any atom is 0.100 e. The van der Waals surface area contributed by atoms with Crippen molar-refractivity contribution in [3.05, 3.63) is 83.9 Å². The van der Waals surface area contributed by atoms with Crippen LogP contribution in [0, 0.1) is 11.3 Å². The van der Waals surface area contributed by atoms with Gasteiger partial charge >= 0.3 is 0 Å². The third-order valence-corrected chi connectivity index (χ3v) is 4.29. The van der Waals surface area contributed by atoms with Crippen molar-refractivity contribution >= 4 is 0 Å². The number of hydrogen-bond acceptors (Lipinski definition) is 1. The van der Waals surface area contributed by atoms with Crippen molar-refractivity contribution in [2.75, 3.05) is 0 Å². The molecule has 3 rings (SSSR count). The first kappa shape index (κ1) is 16.0. The molecular formula is C23H21N. The van der Waals surface area contributed by atoms with Gasteiger partial charge < -0.3 is 0 Å². The Bertz CT molecular complexity index is 818. The summed E-state index contributed by atoms with van der Waals surface area (Å²) < 4.78 is 0. The van der Waals surface area contributed by atoms with Crippen molar-refractivity contribution < 1.29 is 0 Å². The molecule has 0 radical (unpaired) electrons. The number of rotatable bonds is 2. The molecule has 1 heteroatoms. The van der Waals surface area contributed by atoms with Gasteiger partial charge in [-0.25, -0.2) is 0 Å². The van der Waals surface area contributed by atoms with E-state index < -0.39 is 0 Å². The first-order valence-corrected chi connectivity index (χ1v) is 8.20. The van der Waals surface area contributed by atoms with E-state index in [9.17, 15) is 5.26 Å². The number of benzene rings is 3. The molecule has 0 amide bonds. The van der Waals surface area contributed by atoms with Gasteiger partial charge in [0.05, 0.1) is 5.56 Å². The van der Waals surface area contributed by atoms with Crippen molar-refractivity contribution in [2.45, 2.75) is 26.2 Å². The largest absolute Gasteiger partial charge is 0.192 e. The van der Waals surface area contributed by atoms with E-state index in [0.717, 1.165) is 27.8 Å². The summed E-state index contributed by atoms with van der Waals surface area (Å²) in [5.41, 5.74) is 6.16. The van der Waals surface area contributed by atoms with Gasteiger partial charge in [-0.2, -0.15) is 5.26 Å². The molecule has 3 aromatic carbocycles. The van der Waals surface area contributed by atoms with E-state index >= 15 is 0 Å². The maximum atomic E-state index is 9.87. The van der Waals surface area contributed by atoms with Gasteiger partial charge in [0.2, 0.25) is 0 Å². The normalized spacial score (nSPS) is 11.1. The summed E-state index contributed by atoms with van der Waals surface area (Å²) in [5, 5.41) is 9.87. The van der Waals surface area contributed by atoms with Crippen LogP contribution >= 0.6 is 0 Å². The third-order valence-electron chi connectivity index (χ3n) is 4.29. The molecule has 0 saturated carbocycles. The van der Waals surface area contributed by atoms with Gasteiger partial charge in [-0.15, -0.1) is 0 Å². The van der Waals surface area contributed by atoms with Gasteiger partial charge in [0, 0.05) is 11.1 Å². The van der Waals surface area contributed by atoms with Crippen LogP contribution in [0.15, 0.2) is 72.8 Å². The van der Waals surface area contributed by atoms with Crippen LogP contribution in [0.3, 0.4) is 0 Å². The Morgan fingerprint density at radius 2 is 1.12 bits per heavy atom. The molecule has 24 heavy (non-hydrogen) atoms. The molecule has 0 saturated heterocycles. The number of nitrogens with zero attached hydrogens (tertiary/aromatic N) is 1. The van der Waals surface area contributed by atoms with E-state index in [1.165, 1.54) is 5.56 Å². The summed E-state index contributed by atoms with van der Waals surface area (Å²) >= 11 is 0. The van der Waals surface area contributed by atoms with E-state index in [0.29, 0.717) is 0 Å². The lowest BCUT2D eigenvalue weighted by Crippen LogP contribution is -2.12. The highest BCUT2D eigenvalue weighted by atomic mass is 14.3. The number of nitriles is 1. The highest BCUT2D eigenvalue weighted by molar-refractivity contribution is 5.83. The Morgan fingerprint density at radius 1 is 0.708 bits per heavy atom. The first-order valence-electron chi connectivity index (χ1n) is 8.20. The van der Waals surface area contributed by atoms with Crippen molar-refractivity contribution in [1.29, 1.82) is 5.26 Å². The minimum atomic E-state index is 0.0149. The summed E-state index contributed by atoms with van der Waals surface area (Å²) in [5.74, 6) is 0. The Balaban J connectivity index is 2.35. The van der Waals surface area contributed by atoms with E-state index in [1.807, 2.05) is 36.4 Å². The smallest absolute Gasteiger partial charge is 0.100 e. The lowest BCUT2D eigenvalue weighted by atomic mass is 9.81. The molecule has 0 aromatic heterocycles. The van der Waals surface area contributed by atoms with Crippen molar-refractivity contribution in [3.63, 3.8) is 0 Å². The van der Waals surface area contributed by atoms with Crippen LogP contribution in [0.25, 0.3) is 22.3 Å². The van der Waals surface area contributed by atoms with Gasteiger partial charge in [-0.05, 0) is 34.2 Å². The SMILES string of the molecule is CC(C)(C)c1cc(-c2ccccc2)c(C#N)c(-c2ccccc2)c1. The summed E-state index contributed by atoms with van der Waals surface area (Å²) in [6.45, 7) is 6.62. The third kappa shape index (κ3) is 3.09. The fourth-order valence-electron chi connectivity index (χ4n) is 2.89.